The Bertz CT molecular complexity index is 2300. The van der Waals surface area contributed by atoms with Crippen LogP contribution in [0, 0.1) is 5.92 Å². The molecular formula is C43H53N9O12. The molecule has 2 saturated heterocycles. The molecule has 3 aliphatic rings. The lowest BCUT2D eigenvalue weighted by Gasteiger charge is -2.30. The monoisotopic (exact) mass is 887 g/mol. The van der Waals surface area contributed by atoms with Gasteiger partial charge in [-0.1, -0.05) is 44.2 Å². The number of aromatic nitrogens is 1. The Labute approximate surface area is 367 Å². The number of carbonyl (C=O) groups excluding carboxylic acids is 9. The third-order valence-corrected chi connectivity index (χ3v) is 11.5. The third kappa shape index (κ3) is 10.8. The molecule has 3 aliphatic heterocycles. The van der Waals surface area contributed by atoms with Crippen molar-refractivity contribution in [2.75, 3.05) is 26.8 Å². The Morgan fingerprint density at radius 1 is 0.875 bits per heavy atom. The first-order chi connectivity index (χ1) is 30.6. The molecule has 8 amide bonds. The van der Waals surface area contributed by atoms with Crippen LogP contribution >= 0.6 is 0 Å². The van der Waals surface area contributed by atoms with Crippen LogP contribution in [0.2, 0.25) is 0 Å². The number of benzene rings is 2. The van der Waals surface area contributed by atoms with Crippen molar-refractivity contribution in [1.82, 2.24) is 46.7 Å². The Balaban J connectivity index is 1.39. The van der Waals surface area contributed by atoms with Gasteiger partial charge in [-0.25, -0.2) is 4.79 Å². The Kier molecular flexibility index (Phi) is 14.8. The number of aromatic hydroxyl groups is 1. The summed E-state index contributed by atoms with van der Waals surface area (Å²) in [6, 6.07) is 5.28. The molecule has 2 fully saturated rings. The van der Waals surface area contributed by atoms with Crippen LogP contribution in [-0.4, -0.2) is 136 Å². The number of ether oxygens (including phenoxy) is 1. The number of methoxy groups -OCH3 is 1. The number of hydrogen-bond donors (Lipinski definition) is 9. The molecule has 21 nitrogen and oxygen atoms in total. The summed E-state index contributed by atoms with van der Waals surface area (Å²) in [6.45, 7) is 2.02. The van der Waals surface area contributed by atoms with E-state index >= 15 is 0 Å². The first kappa shape index (κ1) is 46.5. The number of likely N-dealkylation sites (tertiary alicyclic amines) is 1. The van der Waals surface area contributed by atoms with Crippen molar-refractivity contribution in [3.63, 3.8) is 0 Å². The van der Waals surface area contributed by atoms with Crippen LogP contribution in [0.4, 0.5) is 0 Å². The molecule has 2 bridgehead atoms. The molecule has 6 rings (SSSR count). The van der Waals surface area contributed by atoms with Crippen molar-refractivity contribution in [3.05, 3.63) is 65.9 Å². The number of rotatable bonds is 10. The average molecular weight is 888 g/mol. The molecule has 3 aromatic rings. The second-order valence-corrected chi connectivity index (χ2v) is 16.3. The van der Waals surface area contributed by atoms with Gasteiger partial charge in [0.2, 0.25) is 41.4 Å². The summed E-state index contributed by atoms with van der Waals surface area (Å²) in [6.07, 6.45) is 0.695. The van der Waals surface area contributed by atoms with Crippen LogP contribution < -0.4 is 37.2 Å². The normalized spacial score (nSPS) is 23.8. The van der Waals surface area contributed by atoms with Gasteiger partial charge in [0.1, 0.15) is 42.0 Å². The lowest BCUT2D eigenvalue weighted by atomic mass is 10.0. The molecule has 1 aromatic heterocycles. The van der Waals surface area contributed by atoms with E-state index < -0.39 is 109 Å². The first-order valence-corrected chi connectivity index (χ1v) is 21.0. The molecule has 0 aliphatic carbocycles. The maximum absolute atomic E-state index is 14.7. The summed E-state index contributed by atoms with van der Waals surface area (Å²) in [5.41, 5.74) is 1.28. The topological polar surface area (TPSA) is 296 Å². The Hall–Kier alpha value is -7.03. The molecule has 9 N–H and O–H groups in total. The summed E-state index contributed by atoms with van der Waals surface area (Å²) in [5, 5.41) is 38.6. The molecule has 2 aromatic carbocycles. The van der Waals surface area contributed by atoms with Gasteiger partial charge in [-0.15, -0.1) is 0 Å². The molecular weight excluding hydrogens is 835 g/mol. The fourth-order valence-electron chi connectivity index (χ4n) is 8.11. The number of fused-ring (bicyclic) bond motifs is 5. The summed E-state index contributed by atoms with van der Waals surface area (Å²) < 4.78 is 6.39. The number of carbonyl (C=O) groups is 9. The minimum Gasteiger partial charge on any atom is -0.508 e. The van der Waals surface area contributed by atoms with Gasteiger partial charge in [0.05, 0.1) is 25.8 Å². The number of amides is 8. The molecule has 342 valence electrons. The van der Waals surface area contributed by atoms with Gasteiger partial charge in [-0.2, -0.15) is 0 Å². The lowest BCUT2D eigenvalue weighted by Crippen LogP contribution is -2.58. The van der Waals surface area contributed by atoms with Crippen molar-refractivity contribution >= 4 is 64.1 Å². The van der Waals surface area contributed by atoms with Crippen LogP contribution in [0.3, 0.4) is 0 Å². The van der Waals surface area contributed by atoms with E-state index in [1.165, 1.54) is 27.8 Å². The van der Waals surface area contributed by atoms with Crippen LogP contribution in [0.25, 0.3) is 10.9 Å². The molecule has 4 heterocycles. The highest BCUT2D eigenvalue weighted by Gasteiger charge is 2.41. The van der Waals surface area contributed by atoms with Gasteiger partial charge >= 0.3 is 5.97 Å². The van der Waals surface area contributed by atoms with Gasteiger partial charge in [0.15, 0.2) is 6.17 Å². The highest BCUT2D eigenvalue weighted by atomic mass is 16.5. The van der Waals surface area contributed by atoms with Crippen molar-refractivity contribution in [2.45, 2.75) is 94.8 Å². The minimum atomic E-state index is -1.65. The molecule has 0 unspecified atom stereocenters. The minimum absolute atomic E-state index is 0.0480. The van der Waals surface area contributed by atoms with Crippen LogP contribution in [-0.2, 0) is 60.7 Å². The number of phenols is 1. The highest BCUT2D eigenvalue weighted by molar-refractivity contribution is 5.99. The molecule has 7 atom stereocenters. The fraction of sp³-hybridized carbons (Fsp3) is 0.465. The maximum atomic E-state index is 14.7. The van der Waals surface area contributed by atoms with E-state index in [9.17, 15) is 53.4 Å². The molecule has 64 heavy (non-hydrogen) atoms. The molecule has 0 spiro atoms. The number of aliphatic hydroxyl groups is 1. The van der Waals surface area contributed by atoms with Crippen molar-refractivity contribution in [3.8, 4) is 5.75 Å². The van der Waals surface area contributed by atoms with Crippen LogP contribution in [0.15, 0.2) is 54.7 Å². The molecule has 0 radical (unpaired) electrons. The fourth-order valence-corrected chi connectivity index (χ4v) is 8.11. The number of nitrogens with one attached hydrogen (secondary N) is 7. The zero-order valence-electron chi connectivity index (χ0n) is 35.6. The van der Waals surface area contributed by atoms with E-state index in [2.05, 4.69) is 37.2 Å². The predicted octanol–water partition coefficient (Wildman–Crippen LogP) is -2.09. The predicted molar refractivity (Wildman–Crippen MR) is 225 cm³/mol. The largest absolute Gasteiger partial charge is 0.508 e. The summed E-state index contributed by atoms with van der Waals surface area (Å²) in [5.74, 6) is -7.15. The van der Waals surface area contributed by atoms with E-state index in [4.69, 9.17) is 4.74 Å². The molecule has 0 saturated carbocycles. The zero-order valence-corrected chi connectivity index (χ0v) is 35.6. The van der Waals surface area contributed by atoms with Crippen LogP contribution in [0.5, 0.6) is 5.75 Å². The van der Waals surface area contributed by atoms with Gasteiger partial charge in [0.25, 0.3) is 5.91 Å². The summed E-state index contributed by atoms with van der Waals surface area (Å²) >= 11 is 0. The maximum Gasteiger partial charge on any atom is 0.328 e. The zero-order chi connectivity index (χ0) is 46.2. The van der Waals surface area contributed by atoms with E-state index in [0.29, 0.717) is 28.5 Å². The summed E-state index contributed by atoms with van der Waals surface area (Å²) in [4.78, 5) is 123. The number of esters is 1. The highest BCUT2D eigenvalue weighted by Crippen LogP contribution is 2.27. The number of phenolic OH excluding ortho intramolecular Hbond substituents is 1. The van der Waals surface area contributed by atoms with Crippen LogP contribution in [0.1, 0.15) is 56.8 Å². The molecule has 21 heteroatoms. The average Bonchev–Trinajstić information content (AvgIpc) is 4.04. The van der Waals surface area contributed by atoms with Crippen molar-refractivity contribution in [1.29, 1.82) is 0 Å². The quantitative estimate of drug-likeness (QED) is 0.0991. The Morgan fingerprint density at radius 3 is 2.28 bits per heavy atom. The van der Waals surface area contributed by atoms with E-state index in [1.807, 2.05) is 0 Å². The van der Waals surface area contributed by atoms with E-state index in [0.717, 1.165) is 7.11 Å². The third-order valence-electron chi connectivity index (χ3n) is 11.5. The van der Waals surface area contributed by atoms with E-state index in [1.54, 1.807) is 50.2 Å². The van der Waals surface area contributed by atoms with Gasteiger partial charge in [-0.05, 0) is 54.5 Å². The number of para-hydroxylation sites is 1. The van der Waals surface area contributed by atoms with Gasteiger partial charge in [0, 0.05) is 37.4 Å². The first-order valence-electron chi connectivity index (χ1n) is 21.0. The van der Waals surface area contributed by atoms with Crippen molar-refractivity contribution in [2.24, 2.45) is 5.92 Å². The number of aliphatic hydroxyl groups excluding tert-OH is 1. The van der Waals surface area contributed by atoms with E-state index in [-0.39, 0.29) is 50.3 Å². The van der Waals surface area contributed by atoms with Gasteiger partial charge < -0.3 is 61.6 Å². The second-order valence-electron chi connectivity index (χ2n) is 16.3. The van der Waals surface area contributed by atoms with Gasteiger partial charge in [-0.3, -0.25) is 38.4 Å². The summed E-state index contributed by atoms with van der Waals surface area (Å²) in [7, 11) is 1.11. The number of nitrogens with zero attached hydrogens (tertiary/aromatic N) is 2. The smallest absolute Gasteiger partial charge is 0.328 e. The lowest BCUT2D eigenvalue weighted by molar-refractivity contribution is -0.145. The number of hydrogen-bond acceptors (Lipinski definition) is 12. The standard InChI is InChI=1S/C43H53N9O12/c1-22(2)35-40(60)44-19-34(56)46-30(21-53)38(58)48-29(43(63)64-3)18-24-20-52(31-8-5-4-7-26(24)31)36(41(61)49-35)50-37(57)28(17-23-10-12-25(54)13-11-23)47-39(59)32-9-6-16-51(32)42(62)27-14-15-33(55)45-27/h4-5,7-8,10-13,20,22,27-30,32,35-36,53-54H,6,9,14-19,21H2,1-3H3,(H,44,60)(H,45,55)(H,46,56)(H,47,59)(H,48,58)(H,49,61)(H,50,57)/t27-,28-,29-,30-,32-,35-,36-/m0/s1. The van der Waals surface area contributed by atoms with Crippen molar-refractivity contribution < 1.29 is 58.1 Å². The second kappa shape index (κ2) is 20.4. The SMILES string of the molecule is COC(=O)[C@@H]1Cc2cn(c3ccccc23)[C@H](NC(=O)[C@H](Cc2ccc(O)cc2)NC(=O)[C@@H]2CCCN2C(=O)[C@@H]2CCC(=O)N2)C(=O)N[C@@H](C(C)C)C(=O)NCC(=O)N[C@@H](CO)C(=O)N1. The Morgan fingerprint density at radius 2 is 1.61 bits per heavy atom.